The van der Waals surface area contributed by atoms with Crippen molar-refractivity contribution in [3.8, 4) is 0 Å². The predicted octanol–water partition coefficient (Wildman–Crippen LogP) is -0.165. The fourth-order valence-electron chi connectivity index (χ4n) is 2.62. The fourth-order valence-corrected chi connectivity index (χ4v) is 3.35. The van der Waals surface area contributed by atoms with E-state index in [-0.39, 0.29) is 17.9 Å². The summed E-state index contributed by atoms with van der Waals surface area (Å²) < 4.78 is 5.22. The smallest absolute Gasteiger partial charge is 0.232 e. The summed E-state index contributed by atoms with van der Waals surface area (Å²) in [5.74, 6) is 0.838. The summed E-state index contributed by atoms with van der Waals surface area (Å²) in [5.41, 5.74) is 0. The lowest BCUT2D eigenvalue weighted by Crippen LogP contribution is -2.52. The quantitative estimate of drug-likeness (QED) is 0.737. The van der Waals surface area contributed by atoms with Crippen molar-refractivity contribution in [3.63, 3.8) is 0 Å². The molecule has 0 spiro atoms. The molecule has 2 unspecified atom stereocenters. The molecule has 0 saturated carbocycles. The van der Waals surface area contributed by atoms with Gasteiger partial charge in [-0.3, -0.25) is 9.59 Å². The maximum absolute atomic E-state index is 11.9. The number of thioether (sulfide) groups is 1. The molecule has 0 aliphatic carbocycles. The van der Waals surface area contributed by atoms with Crippen molar-refractivity contribution in [2.75, 3.05) is 44.4 Å². The van der Waals surface area contributed by atoms with E-state index >= 15 is 0 Å². The van der Waals surface area contributed by atoms with Gasteiger partial charge in [-0.2, -0.15) is 0 Å². The van der Waals surface area contributed by atoms with Gasteiger partial charge in [-0.15, -0.1) is 11.8 Å². The lowest BCUT2D eigenvalue weighted by atomic mass is 10.00. The minimum atomic E-state index is 0.0235. The summed E-state index contributed by atoms with van der Waals surface area (Å²) in [6, 6.07) is 0.532. The number of amides is 2. The largest absolute Gasteiger partial charge is 0.378 e. The van der Waals surface area contributed by atoms with Crippen molar-refractivity contribution in [2.24, 2.45) is 0 Å². The van der Waals surface area contributed by atoms with Crippen molar-refractivity contribution in [2.45, 2.75) is 31.8 Å². The summed E-state index contributed by atoms with van der Waals surface area (Å²) in [7, 11) is 0. The third-order valence-electron chi connectivity index (χ3n) is 3.93. The van der Waals surface area contributed by atoms with E-state index in [2.05, 4.69) is 17.6 Å². The first kappa shape index (κ1) is 16.6. The van der Waals surface area contributed by atoms with Crippen LogP contribution in [0, 0.1) is 0 Å². The van der Waals surface area contributed by atoms with E-state index in [4.69, 9.17) is 4.74 Å². The van der Waals surface area contributed by atoms with Gasteiger partial charge < -0.3 is 20.3 Å². The topological polar surface area (TPSA) is 70.7 Å². The number of ether oxygens (including phenoxy) is 1. The van der Waals surface area contributed by atoms with Crippen LogP contribution < -0.4 is 10.6 Å². The molecule has 2 heterocycles. The van der Waals surface area contributed by atoms with Gasteiger partial charge in [0.2, 0.25) is 11.8 Å². The number of hydrogen-bond donors (Lipinski definition) is 2. The van der Waals surface area contributed by atoms with Crippen molar-refractivity contribution in [3.05, 3.63) is 0 Å². The van der Waals surface area contributed by atoms with Crippen LogP contribution in [0.1, 0.15) is 19.8 Å². The molecule has 0 aromatic carbocycles. The van der Waals surface area contributed by atoms with Gasteiger partial charge in [-0.1, -0.05) is 0 Å². The first-order valence-corrected chi connectivity index (χ1v) is 8.78. The van der Waals surface area contributed by atoms with Gasteiger partial charge in [0.25, 0.3) is 0 Å². The summed E-state index contributed by atoms with van der Waals surface area (Å²) in [4.78, 5) is 25.6. The Bertz CT molecular complexity index is 361. The molecule has 21 heavy (non-hydrogen) atoms. The number of hydrogen-bond acceptors (Lipinski definition) is 5. The number of carbonyl (C=O) groups is 2. The predicted molar refractivity (Wildman–Crippen MR) is 83.4 cm³/mol. The molecule has 2 saturated heterocycles. The van der Waals surface area contributed by atoms with Crippen molar-refractivity contribution in [1.82, 2.24) is 15.5 Å². The Balaban J connectivity index is 1.61. The van der Waals surface area contributed by atoms with Crippen molar-refractivity contribution >= 4 is 23.6 Å². The second-order valence-corrected chi connectivity index (χ2v) is 6.53. The maximum atomic E-state index is 11.9. The zero-order valence-corrected chi connectivity index (χ0v) is 13.4. The Morgan fingerprint density at radius 3 is 2.81 bits per heavy atom. The third kappa shape index (κ3) is 5.48. The molecule has 0 radical (unpaired) electrons. The highest BCUT2D eigenvalue weighted by Gasteiger charge is 2.22. The van der Waals surface area contributed by atoms with Crippen LogP contribution >= 0.6 is 11.8 Å². The van der Waals surface area contributed by atoms with E-state index in [1.807, 2.05) is 4.90 Å². The van der Waals surface area contributed by atoms with Crippen LogP contribution in [-0.2, 0) is 14.3 Å². The Hall–Kier alpha value is -0.790. The average Bonchev–Trinajstić information content (AvgIpc) is 2.50. The fraction of sp³-hybridized carbons (Fsp3) is 0.857. The van der Waals surface area contributed by atoms with Crippen LogP contribution in [0.4, 0.5) is 0 Å². The standard InChI is InChI=1S/C14H25N3O3S/c1-11-12(3-2-4-15-11)16-13(18)9-21-10-14(19)17-5-7-20-8-6-17/h11-12,15H,2-10H2,1H3,(H,16,18). The first-order chi connectivity index (χ1) is 10.2. The molecule has 2 aliphatic rings. The second kappa shape index (κ2) is 8.60. The molecule has 120 valence electrons. The van der Waals surface area contributed by atoms with Gasteiger partial charge in [-0.05, 0) is 26.3 Å². The highest BCUT2D eigenvalue weighted by molar-refractivity contribution is 8.00. The van der Waals surface area contributed by atoms with E-state index in [0.29, 0.717) is 43.9 Å². The van der Waals surface area contributed by atoms with Crippen LogP contribution in [0.25, 0.3) is 0 Å². The van der Waals surface area contributed by atoms with Gasteiger partial charge in [0.05, 0.1) is 24.7 Å². The molecule has 2 fully saturated rings. The van der Waals surface area contributed by atoms with Gasteiger partial charge in [0.1, 0.15) is 0 Å². The number of carbonyl (C=O) groups excluding carboxylic acids is 2. The second-order valence-electron chi connectivity index (χ2n) is 5.54. The summed E-state index contributed by atoms with van der Waals surface area (Å²) in [6.45, 7) is 5.68. The lowest BCUT2D eigenvalue weighted by Gasteiger charge is -2.30. The van der Waals surface area contributed by atoms with Crippen LogP contribution in [0.5, 0.6) is 0 Å². The number of nitrogens with zero attached hydrogens (tertiary/aromatic N) is 1. The van der Waals surface area contributed by atoms with Crippen LogP contribution in [0.15, 0.2) is 0 Å². The summed E-state index contributed by atoms with van der Waals surface area (Å²) in [5, 5.41) is 6.42. The first-order valence-electron chi connectivity index (χ1n) is 7.63. The Labute approximate surface area is 130 Å². The molecule has 6 nitrogen and oxygen atoms in total. The van der Waals surface area contributed by atoms with Gasteiger partial charge in [0, 0.05) is 25.2 Å². The normalized spacial score (nSPS) is 26.4. The Morgan fingerprint density at radius 1 is 1.33 bits per heavy atom. The van der Waals surface area contributed by atoms with Gasteiger partial charge in [-0.25, -0.2) is 0 Å². The molecule has 2 atom stereocenters. The molecular weight excluding hydrogens is 290 g/mol. The molecule has 2 N–H and O–H groups in total. The molecule has 2 amide bonds. The van der Waals surface area contributed by atoms with Crippen LogP contribution in [0.2, 0.25) is 0 Å². The van der Waals surface area contributed by atoms with E-state index < -0.39 is 0 Å². The van der Waals surface area contributed by atoms with Crippen molar-refractivity contribution in [1.29, 1.82) is 0 Å². The van der Waals surface area contributed by atoms with Crippen molar-refractivity contribution < 1.29 is 14.3 Å². The van der Waals surface area contributed by atoms with E-state index in [9.17, 15) is 9.59 Å². The maximum Gasteiger partial charge on any atom is 0.232 e. The third-order valence-corrected chi connectivity index (χ3v) is 4.85. The number of nitrogens with one attached hydrogen (secondary N) is 2. The molecule has 2 rings (SSSR count). The average molecular weight is 315 g/mol. The van der Waals surface area contributed by atoms with Gasteiger partial charge >= 0.3 is 0 Å². The van der Waals surface area contributed by atoms with Crippen LogP contribution in [0.3, 0.4) is 0 Å². The summed E-state index contributed by atoms with van der Waals surface area (Å²) in [6.07, 6.45) is 2.12. The van der Waals surface area contributed by atoms with E-state index in [1.165, 1.54) is 11.8 Å². The lowest BCUT2D eigenvalue weighted by molar-refractivity contribution is -0.132. The Morgan fingerprint density at radius 2 is 2.10 bits per heavy atom. The number of morpholine rings is 1. The van der Waals surface area contributed by atoms with E-state index in [1.54, 1.807) is 0 Å². The highest BCUT2D eigenvalue weighted by atomic mass is 32.2. The molecule has 0 bridgehead atoms. The minimum Gasteiger partial charge on any atom is -0.378 e. The SMILES string of the molecule is CC1NCCCC1NC(=O)CSCC(=O)N1CCOCC1. The van der Waals surface area contributed by atoms with Gasteiger partial charge in [0.15, 0.2) is 0 Å². The molecule has 0 aromatic rings. The Kier molecular flexibility index (Phi) is 6.79. The number of rotatable bonds is 5. The zero-order valence-electron chi connectivity index (χ0n) is 12.6. The molecule has 0 aromatic heterocycles. The van der Waals surface area contributed by atoms with Crippen LogP contribution in [-0.4, -0.2) is 73.2 Å². The van der Waals surface area contributed by atoms with E-state index in [0.717, 1.165) is 19.4 Å². The summed E-state index contributed by atoms with van der Waals surface area (Å²) >= 11 is 1.39. The monoisotopic (exact) mass is 315 g/mol. The molecular formula is C14H25N3O3S. The molecule has 7 heteroatoms. The zero-order chi connectivity index (χ0) is 15.1. The molecule has 2 aliphatic heterocycles. The number of piperidine rings is 1. The minimum absolute atomic E-state index is 0.0235. The highest BCUT2D eigenvalue weighted by Crippen LogP contribution is 2.09.